The minimum absolute atomic E-state index is 0.175. The lowest BCUT2D eigenvalue weighted by atomic mass is 10.3. The lowest BCUT2D eigenvalue weighted by Gasteiger charge is -2.24. The molecule has 6 heavy (non-hydrogen) atoms. The minimum atomic E-state index is -0.924. The summed E-state index contributed by atoms with van der Waals surface area (Å²) in [5.74, 6) is 0. The fourth-order valence-corrected chi connectivity index (χ4v) is 0.387. The minimum Gasteiger partial charge on any atom is -0.356 e. The molecule has 0 aromatic carbocycles. The molecule has 0 bridgehead atoms. The van der Waals surface area contributed by atoms with Crippen LogP contribution in [-0.2, 0) is 4.74 Å². The van der Waals surface area contributed by atoms with Gasteiger partial charge in [0.25, 0.3) is 0 Å². The van der Waals surface area contributed by atoms with Crippen molar-refractivity contribution in [2.45, 2.75) is 11.7 Å². The Bertz CT molecular complexity index is 50.8. The van der Waals surface area contributed by atoms with Gasteiger partial charge < -0.3 is 4.74 Å². The molecule has 1 aliphatic rings. The lowest BCUT2D eigenvalue weighted by Crippen LogP contribution is -2.36. The maximum atomic E-state index is 11.7. The summed E-state index contributed by atoms with van der Waals surface area (Å²) < 4.78 is 16.1. The van der Waals surface area contributed by atoms with E-state index in [2.05, 4.69) is 4.74 Å². The summed E-state index contributed by atoms with van der Waals surface area (Å²) in [7, 11) is 0. The molecule has 0 saturated carbocycles. The van der Waals surface area contributed by atoms with Gasteiger partial charge in [0, 0.05) is 0 Å². The van der Waals surface area contributed by atoms with E-state index in [-0.39, 0.29) is 6.61 Å². The van der Waals surface area contributed by atoms with Gasteiger partial charge in [-0.1, -0.05) is 11.6 Å². The van der Waals surface area contributed by atoms with Crippen LogP contribution in [0, 0.1) is 0 Å². The van der Waals surface area contributed by atoms with Crippen molar-refractivity contribution in [1.29, 1.82) is 0 Å². The summed E-state index contributed by atoms with van der Waals surface area (Å²) >= 11 is 5.10. The molecule has 0 spiro atoms. The Morgan fingerprint density at radius 2 is 2.33 bits per heavy atom. The van der Waals surface area contributed by atoms with Crippen LogP contribution in [0.5, 0.6) is 0 Å². The van der Waals surface area contributed by atoms with Crippen LogP contribution >= 0.6 is 11.6 Å². The van der Waals surface area contributed by atoms with E-state index in [1.165, 1.54) is 0 Å². The van der Waals surface area contributed by atoms with Crippen molar-refractivity contribution in [3.05, 3.63) is 0 Å². The average Bonchev–Trinajstić information content (AvgIpc) is 1.61. The largest absolute Gasteiger partial charge is 0.356 e. The highest BCUT2D eigenvalue weighted by Crippen LogP contribution is 2.18. The van der Waals surface area contributed by atoms with Crippen LogP contribution < -0.4 is 0 Å². The fourth-order valence-electron chi connectivity index (χ4n) is 0.242. The maximum absolute atomic E-state index is 11.7. The first-order chi connectivity index (χ1) is 2.80. The third-order valence-electron chi connectivity index (χ3n) is 0.699. The summed E-state index contributed by atoms with van der Waals surface area (Å²) in [6.07, 6.45) is -0.924. The molecule has 1 heterocycles. The molecule has 1 fully saturated rings. The van der Waals surface area contributed by atoms with Crippen LogP contribution in [0.15, 0.2) is 0 Å². The molecule has 1 nitrogen and oxygen atoms in total. The number of halogens is 2. The number of hydrogen-bond donors (Lipinski definition) is 0. The van der Waals surface area contributed by atoms with Crippen molar-refractivity contribution in [3.63, 3.8) is 0 Å². The van der Waals surface area contributed by atoms with Gasteiger partial charge in [-0.2, -0.15) is 0 Å². The zero-order valence-corrected chi connectivity index (χ0v) is 3.78. The van der Waals surface area contributed by atoms with Crippen molar-refractivity contribution < 1.29 is 9.13 Å². The van der Waals surface area contributed by atoms with E-state index in [0.717, 1.165) is 0 Å². The first kappa shape index (κ1) is 4.34. The molecular weight excluding hydrogens is 106 g/mol. The standard InChI is InChI=1S/C3H4ClFO/c4-3-2(5)1-6-3/h2-3H,1H2. The summed E-state index contributed by atoms with van der Waals surface area (Å²) in [6, 6.07) is 0. The molecule has 2 atom stereocenters. The second kappa shape index (κ2) is 1.35. The van der Waals surface area contributed by atoms with E-state index in [4.69, 9.17) is 11.6 Å². The Hall–Kier alpha value is 0.180. The molecule has 3 heteroatoms. The zero-order chi connectivity index (χ0) is 4.57. The van der Waals surface area contributed by atoms with Crippen LogP contribution in [-0.4, -0.2) is 18.3 Å². The Kier molecular flexibility index (Phi) is 0.979. The number of hydrogen-bond acceptors (Lipinski definition) is 1. The Morgan fingerprint density at radius 3 is 2.33 bits per heavy atom. The fraction of sp³-hybridized carbons (Fsp3) is 1.00. The molecule has 0 N–H and O–H groups in total. The van der Waals surface area contributed by atoms with Gasteiger partial charge in [-0.25, -0.2) is 4.39 Å². The third kappa shape index (κ3) is 0.502. The second-order valence-corrected chi connectivity index (χ2v) is 1.63. The van der Waals surface area contributed by atoms with E-state index in [0.29, 0.717) is 0 Å². The van der Waals surface area contributed by atoms with Crippen molar-refractivity contribution in [3.8, 4) is 0 Å². The van der Waals surface area contributed by atoms with Crippen LogP contribution in [0.1, 0.15) is 0 Å². The Labute approximate surface area is 40.0 Å². The average molecular weight is 111 g/mol. The van der Waals surface area contributed by atoms with E-state index < -0.39 is 11.7 Å². The highest BCUT2D eigenvalue weighted by atomic mass is 35.5. The van der Waals surface area contributed by atoms with Gasteiger partial charge in [0.15, 0.2) is 11.7 Å². The van der Waals surface area contributed by atoms with Crippen LogP contribution in [0.3, 0.4) is 0 Å². The first-order valence-electron chi connectivity index (χ1n) is 1.70. The zero-order valence-electron chi connectivity index (χ0n) is 3.03. The normalized spacial score (nSPS) is 45.0. The molecule has 0 radical (unpaired) electrons. The van der Waals surface area contributed by atoms with Crippen LogP contribution in [0.25, 0.3) is 0 Å². The monoisotopic (exact) mass is 110 g/mol. The lowest BCUT2D eigenvalue weighted by molar-refractivity contribution is -0.0785. The van der Waals surface area contributed by atoms with E-state index >= 15 is 0 Å². The van der Waals surface area contributed by atoms with Gasteiger partial charge >= 0.3 is 0 Å². The van der Waals surface area contributed by atoms with Gasteiger partial charge in [-0.3, -0.25) is 0 Å². The molecule has 0 aromatic rings. The van der Waals surface area contributed by atoms with Crippen molar-refractivity contribution in [2.75, 3.05) is 6.61 Å². The predicted octanol–water partition coefficient (Wildman–Crippen LogP) is 0.920. The van der Waals surface area contributed by atoms with E-state index in [1.807, 2.05) is 0 Å². The maximum Gasteiger partial charge on any atom is 0.164 e. The van der Waals surface area contributed by atoms with Crippen LogP contribution in [0.4, 0.5) is 4.39 Å². The van der Waals surface area contributed by atoms with Crippen molar-refractivity contribution in [2.24, 2.45) is 0 Å². The predicted molar refractivity (Wildman–Crippen MR) is 20.5 cm³/mol. The van der Waals surface area contributed by atoms with Gasteiger partial charge in [-0.15, -0.1) is 0 Å². The van der Waals surface area contributed by atoms with Crippen LogP contribution in [0.2, 0.25) is 0 Å². The Morgan fingerprint density at radius 1 is 1.83 bits per heavy atom. The SMILES string of the molecule is FC1COC1Cl. The van der Waals surface area contributed by atoms with Crippen molar-refractivity contribution in [1.82, 2.24) is 0 Å². The summed E-state index contributed by atoms with van der Waals surface area (Å²) in [6.45, 7) is 0.175. The van der Waals surface area contributed by atoms with E-state index in [1.54, 1.807) is 0 Å². The van der Waals surface area contributed by atoms with Gasteiger partial charge in [0.2, 0.25) is 0 Å². The van der Waals surface area contributed by atoms with Crippen molar-refractivity contribution >= 4 is 11.6 Å². The topological polar surface area (TPSA) is 9.23 Å². The molecule has 1 rings (SSSR count). The highest BCUT2D eigenvalue weighted by molar-refractivity contribution is 6.20. The molecule has 1 aliphatic heterocycles. The third-order valence-corrected chi connectivity index (χ3v) is 1.10. The van der Waals surface area contributed by atoms with E-state index in [9.17, 15) is 4.39 Å². The van der Waals surface area contributed by atoms with Gasteiger partial charge in [0.05, 0.1) is 6.61 Å². The molecule has 2 unspecified atom stereocenters. The number of ether oxygens (including phenoxy) is 1. The second-order valence-electron chi connectivity index (χ2n) is 1.20. The summed E-state index contributed by atoms with van der Waals surface area (Å²) in [4.78, 5) is 0. The molecular formula is C3H4ClFO. The molecule has 1 saturated heterocycles. The first-order valence-corrected chi connectivity index (χ1v) is 2.14. The molecule has 0 aliphatic carbocycles. The number of rotatable bonds is 0. The quantitative estimate of drug-likeness (QED) is 0.422. The summed E-state index contributed by atoms with van der Waals surface area (Å²) in [5.41, 5.74) is -0.662. The molecule has 0 amide bonds. The highest BCUT2D eigenvalue weighted by Gasteiger charge is 2.29. The number of alkyl halides is 2. The molecule has 36 valence electrons. The Balaban J connectivity index is 2.20. The smallest absolute Gasteiger partial charge is 0.164 e. The molecule has 0 aromatic heterocycles. The van der Waals surface area contributed by atoms with Gasteiger partial charge in [-0.05, 0) is 0 Å². The van der Waals surface area contributed by atoms with Gasteiger partial charge in [0.1, 0.15) is 0 Å². The summed E-state index contributed by atoms with van der Waals surface area (Å²) in [5, 5.41) is 0.